The van der Waals surface area contributed by atoms with Crippen LogP contribution in [0.5, 0.6) is 5.75 Å². The number of rotatable bonds is 8. The van der Waals surface area contributed by atoms with Crippen molar-refractivity contribution < 1.29 is 32.5 Å². The van der Waals surface area contributed by atoms with Gasteiger partial charge in [0.1, 0.15) is 18.5 Å². The minimum atomic E-state index is -4.40. The quantitative estimate of drug-likeness (QED) is 0.747. The Morgan fingerprint density at radius 3 is 2.68 bits per heavy atom. The lowest BCUT2D eigenvalue weighted by Gasteiger charge is -2.14. The molecule has 25 heavy (non-hydrogen) atoms. The first-order chi connectivity index (χ1) is 11.8. The molecule has 1 fully saturated rings. The van der Waals surface area contributed by atoms with Crippen molar-refractivity contribution in [2.75, 3.05) is 19.8 Å². The summed E-state index contributed by atoms with van der Waals surface area (Å²) in [5, 5.41) is 12.4. The predicted molar refractivity (Wildman–Crippen MR) is 84.2 cm³/mol. The van der Waals surface area contributed by atoms with E-state index >= 15 is 0 Å². The summed E-state index contributed by atoms with van der Waals surface area (Å²) in [7, 11) is 0. The molecular formula is C17H22F3NO4. The molecule has 2 rings (SSSR count). The van der Waals surface area contributed by atoms with Crippen molar-refractivity contribution in [3.63, 3.8) is 0 Å². The topological polar surface area (TPSA) is 67.8 Å². The molecular weight excluding hydrogens is 339 g/mol. The van der Waals surface area contributed by atoms with Crippen LogP contribution < -0.4 is 10.1 Å². The van der Waals surface area contributed by atoms with E-state index in [1.165, 1.54) is 12.1 Å². The van der Waals surface area contributed by atoms with Gasteiger partial charge in [-0.25, -0.2) is 0 Å². The number of ether oxygens (including phenoxy) is 2. The molecule has 1 aromatic rings. The first kappa shape index (κ1) is 19.5. The van der Waals surface area contributed by atoms with Gasteiger partial charge in [0.25, 0.3) is 0 Å². The monoisotopic (exact) mass is 361 g/mol. The molecule has 1 saturated heterocycles. The highest BCUT2D eigenvalue weighted by molar-refractivity contribution is 5.75. The highest BCUT2D eigenvalue weighted by Crippen LogP contribution is 2.30. The predicted octanol–water partition coefficient (Wildman–Crippen LogP) is 2.52. The fourth-order valence-corrected chi connectivity index (χ4v) is 2.48. The van der Waals surface area contributed by atoms with Gasteiger partial charge in [-0.2, -0.15) is 13.2 Å². The maximum Gasteiger partial charge on any atom is 0.416 e. The van der Waals surface area contributed by atoms with Gasteiger partial charge in [-0.15, -0.1) is 0 Å². The van der Waals surface area contributed by atoms with Crippen molar-refractivity contribution in [3.8, 4) is 5.75 Å². The van der Waals surface area contributed by atoms with Crippen LogP contribution in [0.2, 0.25) is 0 Å². The van der Waals surface area contributed by atoms with Crippen LogP contribution >= 0.6 is 0 Å². The number of nitrogens with one attached hydrogen (secondary N) is 1. The Morgan fingerprint density at radius 1 is 1.36 bits per heavy atom. The number of hydrogen-bond donors (Lipinski definition) is 2. The fraction of sp³-hybridized carbons (Fsp3) is 0.588. The Morgan fingerprint density at radius 2 is 2.08 bits per heavy atom. The number of aliphatic hydroxyl groups excluding tert-OH is 1. The van der Waals surface area contributed by atoms with Crippen LogP contribution in [0.1, 0.15) is 31.2 Å². The van der Waals surface area contributed by atoms with E-state index in [4.69, 9.17) is 9.47 Å². The van der Waals surface area contributed by atoms with Crippen molar-refractivity contribution >= 4 is 5.91 Å². The van der Waals surface area contributed by atoms with Crippen LogP contribution in [-0.2, 0) is 15.7 Å². The van der Waals surface area contributed by atoms with Crippen molar-refractivity contribution in [1.82, 2.24) is 5.32 Å². The summed E-state index contributed by atoms with van der Waals surface area (Å²) in [6.07, 6.45) is -2.23. The Kier molecular flexibility index (Phi) is 7.07. The van der Waals surface area contributed by atoms with Crippen LogP contribution in [0.15, 0.2) is 24.3 Å². The number of aliphatic hydroxyl groups is 1. The molecule has 0 spiro atoms. The summed E-state index contributed by atoms with van der Waals surface area (Å²) in [5.41, 5.74) is -0.765. The van der Waals surface area contributed by atoms with Gasteiger partial charge < -0.3 is 19.9 Å². The van der Waals surface area contributed by atoms with Crippen molar-refractivity contribution in [2.24, 2.45) is 0 Å². The Labute approximate surface area is 144 Å². The lowest BCUT2D eigenvalue weighted by molar-refractivity contribution is -0.137. The summed E-state index contributed by atoms with van der Waals surface area (Å²) >= 11 is 0. The summed E-state index contributed by atoms with van der Waals surface area (Å²) < 4.78 is 48.0. The molecule has 0 aromatic heterocycles. The number of alkyl halides is 3. The van der Waals surface area contributed by atoms with Gasteiger partial charge in [-0.05, 0) is 43.5 Å². The average molecular weight is 361 g/mol. The molecule has 0 radical (unpaired) electrons. The van der Waals surface area contributed by atoms with E-state index in [0.717, 1.165) is 31.6 Å². The van der Waals surface area contributed by atoms with Gasteiger partial charge in [0.15, 0.2) is 0 Å². The lowest BCUT2D eigenvalue weighted by atomic mass is 10.1. The largest absolute Gasteiger partial charge is 0.491 e. The second-order valence-corrected chi connectivity index (χ2v) is 5.96. The van der Waals surface area contributed by atoms with Crippen LogP contribution in [0.25, 0.3) is 0 Å². The van der Waals surface area contributed by atoms with Gasteiger partial charge in [-0.3, -0.25) is 4.79 Å². The van der Waals surface area contributed by atoms with Crippen molar-refractivity contribution in [2.45, 2.75) is 44.1 Å². The third-order valence-corrected chi connectivity index (χ3v) is 3.88. The SMILES string of the molecule is O=C(CCC1CCCO1)NCC(O)COc1ccc(C(F)(F)F)cc1. The molecule has 1 amide bonds. The lowest BCUT2D eigenvalue weighted by Crippen LogP contribution is -2.35. The molecule has 0 saturated carbocycles. The van der Waals surface area contributed by atoms with E-state index in [-0.39, 0.29) is 30.9 Å². The van der Waals surface area contributed by atoms with Crippen LogP contribution in [0.4, 0.5) is 13.2 Å². The molecule has 2 N–H and O–H groups in total. The second-order valence-electron chi connectivity index (χ2n) is 5.96. The zero-order valence-corrected chi connectivity index (χ0v) is 13.7. The van der Waals surface area contributed by atoms with E-state index in [0.29, 0.717) is 12.8 Å². The summed E-state index contributed by atoms with van der Waals surface area (Å²) in [5.74, 6) is 0.0424. The van der Waals surface area contributed by atoms with E-state index in [9.17, 15) is 23.1 Å². The van der Waals surface area contributed by atoms with Crippen molar-refractivity contribution in [3.05, 3.63) is 29.8 Å². The number of amides is 1. The fourth-order valence-electron chi connectivity index (χ4n) is 2.48. The van der Waals surface area contributed by atoms with Gasteiger partial charge in [0, 0.05) is 19.6 Å². The summed E-state index contributed by atoms with van der Waals surface area (Å²) in [6, 6.07) is 4.20. The molecule has 2 unspecified atom stereocenters. The molecule has 8 heteroatoms. The maximum absolute atomic E-state index is 12.4. The number of benzene rings is 1. The van der Waals surface area contributed by atoms with Crippen molar-refractivity contribution in [1.29, 1.82) is 0 Å². The van der Waals surface area contributed by atoms with Gasteiger partial charge in [-0.1, -0.05) is 0 Å². The molecule has 0 aliphatic carbocycles. The first-order valence-corrected chi connectivity index (χ1v) is 8.21. The third-order valence-electron chi connectivity index (χ3n) is 3.88. The highest BCUT2D eigenvalue weighted by Gasteiger charge is 2.30. The minimum absolute atomic E-state index is 0.0188. The maximum atomic E-state index is 12.4. The average Bonchev–Trinajstić information content (AvgIpc) is 3.09. The molecule has 1 heterocycles. The number of hydrogen-bond acceptors (Lipinski definition) is 4. The Balaban J connectivity index is 1.63. The molecule has 140 valence electrons. The van der Waals surface area contributed by atoms with E-state index in [1.54, 1.807) is 0 Å². The zero-order chi connectivity index (χ0) is 18.3. The second kappa shape index (κ2) is 9.05. The molecule has 1 aromatic carbocycles. The van der Waals surface area contributed by atoms with Gasteiger partial charge >= 0.3 is 6.18 Å². The Hall–Kier alpha value is -1.80. The van der Waals surface area contributed by atoms with Gasteiger partial charge in [0.05, 0.1) is 11.7 Å². The smallest absolute Gasteiger partial charge is 0.416 e. The minimum Gasteiger partial charge on any atom is -0.491 e. The molecule has 1 aliphatic heterocycles. The standard InChI is InChI=1S/C17H22F3NO4/c18-17(19,20)12-3-5-15(6-4-12)25-11-13(22)10-21-16(23)8-7-14-2-1-9-24-14/h3-6,13-14,22H,1-2,7-11H2,(H,21,23). The van der Waals surface area contributed by atoms with E-state index in [2.05, 4.69) is 5.32 Å². The number of carbonyl (C=O) groups excluding carboxylic acids is 1. The van der Waals surface area contributed by atoms with Gasteiger partial charge in [0.2, 0.25) is 5.91 Å². The van der Waals surface area contributed by atoms with Crippen LogP contribution in [-0.4, -0.2) is 43.0 Å². The normalized spacial score (nSPS) is 18.8. The molecule has 5 nitrogen and oxygen atoms in total. The summed E-state index contributed by atoms with van der Waals surface area (Å²) in [4.78, 5) is 11.7. The Bertz CT molecular complexity index is 542. The number of halogens is 3. The first-order valence-electron chi connectivity index (χ1n) is 8.21. The molecule has 2 atom stereocenters. The summed E-state index contributed by atoms with van der Waals surface area (Å²) in [6.45, 7) is 0.634. The highest BCUT2D eigenvalue weighted by atomic mass is 19.4. The van der Waals surface area contributed by atoms with Crippen LogP contribution in [0.3, 0.4) is 0 Å². The molecule has 1 aliphatic rings. The van der Waals surface area contributed by atoms with E-state index < -0.39 is 17.8 Å². The third kappa shape index (κ3) is 6.91. The van der Waals surface area contributed by atoms with Crippen LogP contribution in [0, 0.1) is 0 Å². The number of carbonyl (C=O) groups is 1. The van der Waals surface area contributed by atoms with E-state index in [1.807, 2.05) is 0 Å². The molecule has 0 bridgehead atoms. The zero-order valence-electron chi connectivity index (χ0n) is 13.7.